The van der Waals surface area contributed by atoms with Crippen LogP contribution in [0.2, 0.25) is 0 Å². The molecule has 170 valence electrons. The summed E-state index contributed by atoms with van der Waals surface area (Å²) in [4.78, 5) is 19.6. The highest BCUT2D eigenvalue weighted by atomic mass is 32.2. The minimum Gasteiger partial charge on any atom is -0.379 e. The summed E-state index contributed by atoms with van der Waals surface area (Å²) in [6.45, 7) is 1.55. The van der Waals surface area contributed by atoms with Gasteiger partial charge in [-0.2, -0.15) is 4.31 Å². The predicted molar refractivity (Wildman–Crippen MR) is 124 cm³/mol. The Bertz CT molecular complexity index is 1030. The first-order chi connectivity index (χ1) is 15.6. The Balaban J connectivity index is 1.49. The zero-order chi connectivity index (χ0) is 22.4. The standard InChI is InChI=1S/C24H29N3O4S/c28-24(27(21-6-2-1-3-7-21)23-8-4-5-15-25-23)14-11-20-9-12-22(13-10-20)32(29,30)26-16-18-31-19-17-26/h4-5,8-15,21H,1-3,6-7,16-19H2/b14-11+. The molecule has 4 rings (SSSR count). The van der Waals surface area contributed by atoms with E-state index in [9.17, 15) is 13.2 Å². The van der Waals surface area contributed by atoms with E-state index < -0.39 is 10.0 Å². The number of morpholine rings is 1. The van der Waals surface area contributed by atoms with Crippen LogP contribution in [0.5, 0.6) is 0 Å². The van der Waals surface area contributed by atoms with E-state index >= 15 is 0 Å². The number of hydrogen-bond acceptors (Lipinski definition) is 5. The third-order valence-electron chi connectivity index (χ3n) is 5.98. The lowest BCUT2D eigenvalue weighted by Gasteiger charge is -2.32. The molecule has 0 atom stereocenters. The van der Waals surface area contributed by atoms with E-state index in [2.05, 4.69) is 4.98 Å². The molecular weight excluding hydrogens is 426 g/mol. The fourth-order valence-corrected chi connectivity index (χ4v) is 5.66. The Hall–Kier alpha value is -2.55. The van der Waals surface area contributed by atoms with E-state index in [0.717, 1.165) is 31.2 Å². The quantitative estimate of drug-likeness (QED) is 0.623. The number of benzene rings is 1. The Morgan fingerprint density at radius 2 is 1.75 bits per heavy atom. The summed E-state index contributed by atoms with van der Waals surface area (Å²) in [6.07, 6.45) is 10.4. The van der Waals surface area contributed by atoms with Crippen molar-refractivity contribution in [1.82, 2.24) is 9.29 Å². The number of rotatable bonds is 6. The van der Waals surface area contributed by atoms with E-state index in [1.807, 2.05) is 18.2 Å². The number of hydrogen-bond donors (Lipinski definition) is 0. The fourth-order valence-electron chi connectivity index (χ4n) is 4.25. The first kappa shape index (κ1) is 22.6. The predicted octanol–water partition coefficient (Wildman–Crippen LogP) is 3.48. The van der Waals surface area contributed by atoms with Gasteiger partial charge in [0, 0.05) is 31.4 Å². The van der Waals surface area contributed by atoms with Gasteiger partial charge in [-0.3, -0.25) is 9.69 Å². The molecule has 8 heteroatoms. The van der Waals surface area contributed by atoms with Gasteiger partial charge < -0.3 is 4.74 Å². The monoisotopic (exact) mass is 455 g/mol. The second-order valence-electron chi connectivity index (χ2n) is 8.11. The largest absolute Gasteiger partial charge is 0.379 e. The molecule has 2 aromatic rings. The van der Waals surface area contributed by atoms with Gasteiger partial charge in [0.2, 0.25) is 10.0 Å². The van der Waals surface area contributed by atoms with Gasteiger partial charge in [0.15, 0.2) is 0 Å². The van der Waals surface area contributed by atoms with Crippen molar-refractivity contribution in [1.29, 1.82) is 0 Å². The van der Waals surface area contributed by atoms with E-state index in [1.165, 1.54) is 10.7 Å². The van der Waals surface area contributed by atoms with Crippen LogP contribution in [-0.2, 0) is 19.6 Å². The van der Waals surface area contributed by atoms with Gasteiger partial charge in [-0.1, -0.05) is 37.5 Å². The molecule has 1 aromatic heterocycles. The summed E-state index contributed by atoms with van der Waals surface area (Å²) < 4.78 is 32.2. The molecule has 2 fully saturated rings. The van der Waals surface area contributed by atoms with Crippen molar-refractivity contribution >= 4 is 27.8 Å². The van der Waals surface area contributed by atoms with Crippen molar-refractivity contribution in [3.63, 3.8) is 0 Å². The van der Waals surface area contributed by atoms with Gasteiger partial charge in [0.25, 0.3) is 5.91 Å². The Morgan fingerprint density at radius 3 is 2.41 bits per heavy atom. The highest BCUT2D eigenvalue weighted by Gasteiger charge is 2.27. The fraction of sp³-hybridized carbons (Fsp3) is 0.417. The zero-order valence-electron chi connectivity index (χ0n) is 18.1. The molecule has 1 saturated carbocycles. The van der Waals surface area contributed by atoms with Gasteiger partial charge in [0.1, 0.15) is 5.82 Å². The van der Waals surface area contributed by atoms with Crippen LogP contribution in [0.4, 0.5) is 5.82 Å². The molecule has 0 radical (unpaired) electrons. The number of nitrogens with zero attached hydrogens (tertiary/aromatic N) is 3. The molecule has 1 aromatic carbocycles. The molecule has 2 aliphatic rings. The molecule has 1 aliphatic carbocycles. The topological polar surface area (TPSA) is 79.8 Å². The highest BCUT2D eigenvalue weighted by molar-refractivity contribution is 7.89. The smallest absolute Gasteiger partial charge is 0.252 e. The molecule has 0 unspecified atom stereocenters. The first-order valence-electron chi connectivity index (χ1n) is 11.2. The van der Waals surface area contributed by atoms with Crippen molar-refractivity contribution < 1.29 is 17.9 Å². The van der Waals surface area contributed by atoms with E-state index in [-0.39, 0.29) is 16.8 Å². The Morgan fingerprint density at radius 1 is 1.03 bits per heavy atom. The van der Waals surface area contributed by atoms with E-state index in [0.29, 0.717) is 32.1 Å². The average Bonchev–Trinajstić information content (AvgIpc) is 2.85. The number of aromatic nitrogens is 1. The lowest BCUT2D eigenvalue weighted by atomic mass is 9.94. The molecule has 1 amide bonds. The summed E-state index contributed by atoms with van der Waals surface area (Å²) in [6, 6.07) is 12.4. The van der Waals surface area contributed by atoms with Crippen LogP contribution in [0, 0.1) is 0 Å². The van der Waals surface area contributed by atoms with Crippen molar-refractivity contribution in [2.75, 3.05) is 31.2 Å². The second kappa shape index (κ2) is 10.4. The number of ether oxygens (including phenoxy) is 1. The summed E-state index contributed by atoms with van der Waals surface area (Å²) in [5.41, 5.74) is 0.767. The van der Waals surface area contributed by atoms with Crippen molar-refractivity contribution in [2.45, 2.75) is 43.0 Å². The number of anilines is 1. The van der Waals surface area contributed by atoms with Crippen LogP contribution in [-0.4, -0.2) is 56.0 Å². The number of carbonyl (C=O) groups is 1. The lowest BCUT2D eigenvalue weighted by molar-refractivity contribution is -0.114. The number of pyridine rings is 1. The van der Waals surface area contributed by atoms with Crippen LogP contribution in [0.15, 0.2) is 59.6 Å². The molecule has 0 spiro atoms. The van der Waals surface area contributed by atoms with Crippen LogP contribution < -0.4 is 4.90 Å². The Labute approximate surface area is 189 Å². The molecule has 0 N–H and O–H groups in total. The van der Waals surface area contributed by atoms with Gasteiger partial charge >= 0.3 is 0 Å². The normalized spacial score (nSPS) is 18.6. The van der Waals surface area contributed by atoms with Crippen LogP contribution >= 0.6 is 0 Å². The maximum absolute atomic E-state index is 13.1. The zero-order valence-corrected chi connectivity index (χ0v) is 18.9. The van der Waals surface area contributed by atoms with Gasteiger partial charge in [-0.15, -0.1) is 0 Å². The van der Waals surface area contributed by atoms with Gasteiger partial charge in [0.05, 0.1) is 18.1 Å². The lowest BCUT2D eigenvalue weighted by Crippen LogP contribution is -2.41. The SMILES string of the molecule is O=C(/C=C/c1ccc(S(=O)(=O)N2CCOCC2)cc1)N(c1ccccn1)C1CCCCC1. The summed E-state index contributed by atoms with van der Waals surface area (Å²) >= 11 is 0. The summed E-state index contributed by atoms with van der Waals surface area (Å²) in [5.74, 6) is 0.557. The second-order valence-corrected chi connectivity index (χ2v) is 10.0. The van der Waals surface area contributed by atoms with Gasteiger partial charge in [-0.05, 0) is 48.7 Å². The number of amides is 1. The summed E-state index contributed by atoms with van der Waals surface area (Å²) in [5, 5.41) is 0. The molecule has 32 heavy (non-hydrogen) atoms. The average molecular weight is 456 g/mol. The number of sulfonamides is 1. The number of carbonyl (C=O) groups excluding carboxylic acids is 1. The summed E-state index contributed by atoms with van der Waals surface area (Å²) in [7, 11) is -3.53. The van der Waals surface area contributed by atoms with Crippen molar-refractivity contribution in [3.05, 3.63) is 60.3 Å². The first-order valence-corrected chi connectivity index (χ1v) is 12.6. The van der Waals surface area contributed by atoms with Gasteiger partial charge in [-0.25, -0.2) is 13.4 Å². The van der Waals surface area contributed by atoms with Crippen LogP contribution in [0.3, 0.4) is 0 Å². The molecule has 1 saturated heterocycles. The van der Waals surface area contributed by atoms with E-state index in [4.69, 9.17) is 4.74 Å². The molecular formula is C24H29N3O4S. The third-order valence-corrected chi connectivity index (χ3v) is 7.89. The molecule has 1 aliphatic heterocycles. The molecule has 7 nitrogen and oxygen atoms in total. The highest BCUT2D eigenvalue weighted by Crippen LogP contribution is 2.27. The maximum Gasteiger partial charge on any atom is 0.252 e. The minimum absolute atomic E-state index is 0.111. The van der Waals surface area contributed by atoms with Crippen LogP contribution in [0.25, 0.3) is 6.08 Å². The molecule has 2 heterocycles. The maximum atomic E-state index is 13.1. The van der Waals surface area contributed by atoms with Crippen molar-refractivity contribution in [2.24, 2.45) is 0 Å². The molecule has 0 bridgehead atoms. The van der Waals surface area contributed by atoms with E-state index in [1.54, 1.807) is 47.5 Å². The Kier molecular flexibility index (Phi) is 7.34. The third kappa shape index (κ3) is 5.26. The van der Waals surface area contributed by atoms with Crippen molar-refractivity contribution in [3.8, 4) is 0 Å². The minimum atomic E-state index is -3.53. The van der Waals surface area contributed by atoms with Crippen LogP contribution in [0.1, 0.15) is 37.7 Å².